The molecule has 16 heavy (non-hydrogen) atoms. The van der Waals surface area contributed by atoms with Crippen LogP contribution in [0.25, 0.3) is 0 Å². The summed E-state index contributed by atoms with van der Waals surface area (Å²) in [5.74, 6) is 0. The van der Waals surface area contributed by atoms with Crippen molar-refractivity contribution in [1.82, 2.24) is 4.98 Å². The number of carbonyl (C=O) groups excluding carboxylic acids is 1. The Kier molecular flexibility index (Phi) is 3.91. The van der Waals surface area contributed by atoms with Crippen LogP contribution in [0.5, 0.6) is 0 Å². The minimum atomic E-state index is -0.490. The van der Waals surface area contributed by atoms with Crippen LogP contribution in [0.1, 0.15) is 20.8 Å². The number of hydrogen-bond donors (Lipinski definition) is 0. The van der Waals surface area contributed by atoms with Gasteiger partial charge in [0.15, 0.2) is 0 Å². The zero-order valence-electron chi connectivity index (χ0n) is 9.82. The first-order valence-corrected chi connectivity index (χ1v) is 5.67. The molecule has 1 aromatic rings. The van der Waals surface area contributed by atoms with Gasteiger partial charge in [-0.2, -0.15) is 0 Å². The predicted octanol–water partition coefficient (Wildman–Crippen LogP) is 3.22. The summed E-state index contributed by atoms with van der Waals surface area (Å²) in [6, 6.07) is 3.50. The lowest BCUT2D eigenvalue weighted by molar-refractivity contribution is 0.0589. The molecule has 0 saturated carbocycles. The number of aromatic nitrogens is 1. The number of anilines is 1. The topological polar surface area (TPSA) is 42.4 Å². The molecule has 5 heteroatoms. The van der Waals surface area contributed by atoms with Gasteiger partial charge in [0, 0.05) is 13.2 Å². The molecule has 0 aromatic carbocycles. The number of rotatable bonds is 1. The van der Waals surface area contributed by atoms with E-state index in [2.05, 4.69) is 20.9 Å². The van der Waals surface area contributed by atoms with E-state index in [0.29, 0.717) is 4.60 Å². The van der Waals surface area contributed by atoms with Crippen molar-refractivity contribution in [3.8, 4) is 0 Å². The van der Waals surface area contributed by atoms with Gasteiger partial charge in [0.2, 0.25) is 0 Å². The molecule has 1 heterocycles. The van der Waals surface area contributed by atoms with E-state index < -0.39 is 5.60 Å². The summed E-state index contributed by atoms with van der Waals surface area (Å²) in [4.78, 5) is 17.2. The van der Waals surface area contributed by atoms with Crippen molar-refractivity contribution in [3.05, 3.63) is 22.9 Å². The van der Waals surface area contributed by atoms with Gasteiger partial charge >= 0.3 is 6.09 Å². The first-order chi connectivity index (χ1) is 7.29. The van der Waals surface area contributed by atoms with E-state index in [9.17, 15) is 4.79 Å². The Labute approximate surface area is 104 Å². The predicted molar refractivity (Wildman–Crippen MR) is 66.6 cm³/mol. The lowest BCUT2D eigenvalue weighted by atomic mass is 10.2. The molecule has 0 aliphatic heterocycles. The van der Waals surface area contributed by atoms with Crippen molar-refractivity contribution in [1.29, 1.82) is 0 Å². The zero-order chi connectivity index (χ0) is 12.3. The van der Waals surface area contributed by atoms with Crippen molar-refractivity contribution in [2.75, 3.05) is 11.9 Å². The molecule has 4 nitrogen and oxygen atoms in total. The second kappa shape index (κ2) is 4.82. The first-order valence-electron chi connectivity index (χ1n) is 4.88. The molecule has 0 aliphatic carbocycles. The molecule has 0 spiro atoms. The van der Waals surface area contributed by atoms with E-state index in [1.807, 2.05) is 20.8 Å². The Morgan fingerprint density at radius 1 is 1.50 bits per heavy atom. The van der Waals surface area contributed by atoms with Crippen molar-refractivity contribution in [2.24, 2.45) is 0 Å². The maximum Gasteiger partial charge on any atom is 0.414 e. The fourth-order valence-electron chi connectivity index (χ4n) is 1.04. The number of carbonyl (C=O) groups is 1. The number of ether oxygens (including phenoxy) is 1. The molecule has 0 aliphatic rings. The van der Waals surface area contributed by atoms with Crippen molar-refractivity contribution >= 4 is 27.7 Å². The number of halogens is 1. The second-order valence-corrected chi connectivity index (χ2v) is 5.19. The van der Waals surface area contributed by atoms with Gasteiger partial charge in [-0.15, -0.1) is 0 Å². The van der Waals surface area contributed by atoms with Crippen molar-refractivity contribution in [2.45, 2.75) is 26.4 Å². The molecule has 88 valence electrons. The highest BCUT2D eigenvalue weighted by Crippen LogP contribution is 2.18. The fraction of sp³-hybridized carbons (Fsp3) is 0.455. The van der Waals surface area contributed by atoms with Gasteiger partial charge in [-0.05, 0) is 48.8 Å². The fourth-order valence-corrected chi connectivity index (χ4v) is 1.39. The molecule has 0 fully saturated rings. The van der Waals surface area contributed by atoms with Gasteiger partial charge < -0.3 is 4.74 Å². The van der Waals surface area contributed by atoms with Gasteiger partial charge in [0.1, 0.15) is 10.2 Å². The lowest BCUT2D eigenvalue weighted by Gasteiger charge is -2.24. The molecule has 1 rings (SSSR count). The van der Waals surface area contributed by atoms with E-state index in [0.717, 1.165) is 5.69 Å². The van der Waals surface area contributed by atoms with Gasteiger partial charge in [0.25, 0.3) is 0 Å². The van der Waals surface area contributed by atoms with Crippen LogP contribution < -0.4 is 4.90 Å². The number of amides is 1. The van der Waals surface area contributed by atoms with Gasteiger partial charge in [-0.1, -0.05) is 0 Å². The highest BCUT2D eigenvalue weighted by atomic mass is 79.9. The first kappa shape index (κ1) is 13.0. The third-order valence-corrected chi connectivity index (χ3v) is 2.20. The molecular formula is C11H15BrN2O2. The van der Waals surface area contributed by atoms with E-state index in [1.165, 1.54) is 4.90 Å². The molecule has 0 saturated heterocycles. The van der Waals surface area contributed by atoms with Crippen LogP contribution in [0.4, 0.5) is 10.5 Å². The monoisotopic (exact) mass is 286 g/mol. The average Bonchev–Trinajstić information content (AvgIpc) is 2.14. The maximum absolute atomic E-state index is 11.7. The molecule has 0 atom stereocenters. The standard InChI is InChI=1S/C11H15BrN2O2/c1-11(2,3)16-10(15)14(4)8-5-6-13-9(12)7-8/h5-7H,1-4H3. The van der Waals surface area contributed by atoms with Gasteiger partial charge in [0.05, 0.1) is 5.69 Å². The molecule has 0 radical (unpaired) electrons. The van der Waals surface area contributed by atoms with E-state index >= 15 is 0 Å². The summed E-state index contributed by atoms with van der Waals surface area (Å²) in [5, 5.41) is 0. The largest absolute Gasteiger partial charge is 0.443 e. The smallest absolute Gasteiger partial charge is 0.414 e. The minimum absolute atomic E-state index is 0.384. The summed E-state index contributed by atoms with van der Waals surface area (Å²) in [5.41, 5.74) is 0.242. The SMILES string of the molecule is CN(C(=O)OC(C)(C)C)c1ccnc(Br)c1. The highest BCUT2D eigenvalue weighted by molar-refractivity contribution is 9.10. The summed E-state index contributed by atoms with van der Waals surface area (Å²) in [7, 11) is 1.66. The molecule has 0 N–H and O–H groups in total. The van der Waals surface area contributed by atoms with Crippen molar-refractivity contribution < 1.29 is 9.53 Å². The summed E-state index contributed by atoms with van der Waals surface area (Å²) < 4.78 is 5.93. The van der Waals surface area contributed by atoms with Crippen LogP contribution >= 0.6 is 15.9 Å². The minimum Gasteiger partial charge on any atom is -0.443 e. The third-order valence-electron chi connectivity index (χ3n) is 1.76. The van der Waals surface area contributed by atoms with Gasteiger partial charge in [-0.25, -0.2) is 9.78 Å². The Hall–Kier alpha value is -1.10. The normalized spacial score (nSPS) is 11.1. The Morgan fingerprint density at radius 3 is 2.62 bits per heavy atom. The zero-order valence-corrected chi connectivity index (χ0v) is 11.4. The van der Waals surface area contributed by atoms with Crippen LogP contribution in [0.3, 0.4) is 0 Å². The van der Waals surface area contributed by atoms with Crippen LogP contribution in [0, 0.1) is 0 Å². The Bertz CT molecular complexity index is 388. The number of pyridine rings is 1. The summed E-state index contributed by atoms with van der Waals surface area (Å²) >= 11 is 3.25. The van der Waals surface area contributed by atoms with E-state index in [4.69, 9.17) is 4.74 Å². The van der Waals surface area contributed by atoms with E-state index in [-0.39, 0.29) is 6.09 Å². The Morgan fingerprint density at radius 2 is 2.12 bits per heavy atom. The third kappa shape index (κ3) is 3.81. The molecule has 0 unspecified atom stereocenters. The highest BCUT2D eigenvalue weighted by Gasteiger charge is 2.20. The van der Waals surface area contributed by atoms with Gasteiger partial charge in [-0.3, -0.25) is 4.90 Å². The number of nitrogens with zero attached hydrogens (tertiary/aromatic N) is 2. The quantitative estimate of drug-likeness (QED) is 0.745. The molecule has 1 aromatic heterocycles. The summed E-state index contributed by atoms with van der Waals surface area (Å²) in [6.07, 6.45) is 1.24. The van der Waals surface area contributed by atoms with Crippen LogP contribution in [-0.4, -0.2) is 23.7 Å². The van der Waals surface area contributed by atoms with Crippen LogP contribution in [-0.2, 0) is 4.74 Å². The summed E-state index contributed by atoms with van der Waals surface area (Å²) in [6.45, 7) is 5.50. The Balaban J connectivity index is 2.78. The average molecular weight is 287 g/mol. The lowest BCUT2D eigenvalue weighted by Crippen LogP contribution is -2.34. The van der Waals surface area contributed by atoms with Crippen molar-refractivity contribution in [3.63, 3.8) is 0 Å². The molecule has 0 bridgehead atoms. The van der Waals surface area contributed by atoms with Crippen LogP contribution in [0.15, 0.2) is 22.9 Å². The number of hydrogen-bond acceptors (Lipinski definition) is 3. The van der Waals surface area contributed by atoms with E-state index in [1.54, 1.807) is 25.4 Å². The molecule has 1 amide bonds. The maximum atomic E-state index is 11.7. The second-order valence-electron chi connectivity index (χ2n) is 4.38. The van der Waals surface area contributed by atoms with Crippen LogP contribution in [0.2, 0.25) is 0 Å². The molecular weight excluding hydrogens is 272 g/mol.